The molecular formula is C19H23NO6. The van der Waals surface area contributed by atoms with Crippen molar-refractivity contribution in [1.82, 2.24) is 5.32 Å². The highest BCUT2D eigenvalue weighted by molar-refractivity contribution is 5.84. The lowest BCUT2D eigenvalue weighted by molar-refractivity contribution is -0.143. The zero-order chi connectivity index (χ0) is 19.4. The molecule has 0 aliphatic carbocycles. The molecule has 0 aliphatic rings. The van der Waals surface area contributed by atoms with E-state index in [4.69, 9.17) is 4.42 Å². The van der Waals surface area contributed by atoms with Crippen molar-refractivity contribution in [1.29, 1.82) is 0 Å². The van der Waals surface area contributed by atoms with Crippen LogP contribution in [0.3, 0.4) is 0 Å². The number of hydrogen-bond donors (Lipinski definition) is 3. The second-order valence-electron chi connectivity index (χ2n) is 6.44. The molecular weight excluding hydrogens is 338 g/mol. The maximum absolute atomic E-state index is 12.2. The second-order valence-corrected chi connectivity index (χ2v) is 6.44. The summed E-state index contributed by atoms with van der Waals surface area (Å²) in [7, 11) is 0. The van der Waals surface area contributed by atoms with Crippen molar-refractivity contribution >= 4 is 22.8 Å². The van der Waals surface area contributed by atoms with E-state index in [-0.39, 0.29) is 30.1 Å². The van der Waals surface area contributed by atoms with E-state index in [2.05, 4.69) is 5.32 Å². The number of aryl methyl sites for hydroxylation is 1. The van der Waals surface area contributed by atoms with Crippen LogP contribution in [0, 0.1) is 12.8 Å². The highest BCUT2D eigenvalue weighted by atomic mass is 16.4. The lowest BCUT2D eigenvalue weighted by Crippen LogP contribution is -2.45. The number of aromatic hydroxyl groups is 1. The van der Waals surface area contributed by atoms with Crippen molar-refractivity contribution in [3.05, 3.63) is 39.7 Å². The molecule has 2 atom stereocenters. The third kappa shape index (κ3) is 4.22. The fourth-order valence-electron chi connectivity index (χ4n) is 2.84. The number of phenols is 1. The van der Waals surface area contributed by atoms with Crippen molar-refractivity contribution in [2.75, 3.05) is 0 Å². The Balaban J connectivity index is 2.16. The fourth-order valence-corrected chi connectivity index (χ4v) is 2.84. The predicted molar refractivity (Wildman–Crippen MR) is 96.2 cm³/mol. The summed E-state index contributed by atoms with van der Waals surface area (Å²) in [6.07, 6.45) is 0.747. The van der Waals surface area contributed by atoms with E-state index in [0.717, 1.165) is 0 Å². The molecule has 0 fully saturated rings. The van der Waals surface area contributed by atoms with Gasteiger partial charge in [0.25, 0.3) is 0 Å². The summed E-state index contributed by atoms with van der Waals surface area (Å²) in [5.74, 6) is -1.70. The molecule has 1 heterocycles. The molecule has 26 heavy (non-hydrogen) atoms. The predicted octanol–water partition coefficient (Wildman–Crippen LogP) is 2.36. The number of carbonyl (C=O) groups excluding carboxylic acids is 1. The quantitative estimate of drug-likeness (QED) is 0.652. The molecule has 0 aliphatic heterocycles. The van der Waals surface area contributed by atoms with Crippen LogP contribution in [0.5, 0.6) is 5.75 Å². The lowest BCUT2D eigenvalue weighted by atomic mass is 9.98. The highest BCUT2D eigenvalue weighted by Gasteiger charge is 2.25. The molecule has 3 N–H and O–H groups in total. The van der Waals surface area contributed by atoms with Gasteiger partial charge in [-0.3, -0.25) is 4.79 Å². The van der Waals surface area contributed by atoms with E-state index in [0.29, 0.717) is 22.9 Å². The van der Waals surface area contributed by atoms with Crippen LogP contribution < -0.4 is 10.9 Å². The van der Waals surface area contributed by atoms with Crippen LogP contribution in [-0.4, -0.2) is 28.1 Å². The Morgan fingerprint density at radius 2 is 2.00 bits per heavy atom. The molecule has 0 spiro atoms. The number of amides is 1. The summed E-state index contributed by atoms with van der Waals surface area (Å²) in [5.41, 5.74) is 0.767. The Hall–Kier alpha value is -2.83. The number of aliphatic carboxylic acids is 1. The summed E-state index contributed by atoms with van der Waals surface area (Å²) in [5, 5.41) is 21.9. The SMILES string of the molecule is CCC(C)C(NC(=O)CCc1c(C)c2ccc(O)cc2oc1=O)C(=O)O. The largest absolute Gasteiger partial charge is 0.508 e. The van der Waals surface area contributed by atoms with Gasteiger partial charge < -0.3 is 19.9 Å². The first-order valence-corrected chi connectivity index (χ1v) is 8.52. The first kappa shape index (κ1) is 19.5. The van der Waals surface area contributed by atoms with Gasteiger partial charge in [0.1, 0.15) is 17.4 Å². The minimum atomic E-state index is -1.08. The Labute approximate surface area is 150 Å². The average molecular weight is 361 g/mol. The number of nitrogens with one attached hydrogen (secondary N) is 1. The van der Waals surface area contributed by atoms with Gasteiger partial charge >= 0.3 is 11.6 Å². The molecule has 2 rings (SSSR count). The molecule has 1 aromatic carbocycles. The van der Waals surface area contributed by atoms with Gasteiger partial charge in [-0.1, -0.05) is 20.3 Å². The van der Waals surface area contributed by atoms with Crippen LogP contribution >= 0.6 is 0 Å². The minimum Gasteiger partial charge on any atom is -0.508 e. The number of rotatable bonds is 7. The molecule has 7 heteroatoms. The van der Waals surface area contributed by atoms with Crippen molar-refractivity contribution in [2.24, 2.45) is 5.92 Å². The van der Waals surface area contributed by atoms with Crippen LogP contribution in [0.4, 0.5) is 0 Å². The Morgan fingerprint density at radius 1 is 1.31 bits per heavy atom. The number of carbonyl (C=O) groups is 2. The molecule has 1 aromatic heterocycles. The van der Waals surface area contributed by atoms with E-state index >= 15 is 0 Å². The normalized spacial score (nSPS) is 13.3. The smallest absolute Gasteiger partial charge is 0.339 e. The Kier molecular flexibility index (Phi) is 6.02. The van der Waals surface area contributed by atoms with E-state index in [1.165, 1.54) is 12.1 Å². The first-order valence-electron chi connectivity index (χ1n) is 8.52. The standard InChI is InChI=1S/C19H23NO6/c1-4-10(2)17(18(23)24)20-16(22)8-7-14-11(3)13-6-5-12(21)9-15(13)26-19(14)25/h5-6,9-10,17,21H,4,7-8H2,1-3H3,(H,20,22)(H,23,24). The number of fused-ring (bicyclic) bond motifs is 1. The van der Waals surface area contributed by atoms with Gasteiger partial charge in [-0.15, -0.1) is 0 Å². The average Bonchev–Trinajstić information content (AvgIpc) is 2.58. The lowest BCUT2D eigenvalue weighted by Gasteiger charge is -2.20. The highest BCUT2D eigenvalue weighted by Crippen LogP contribution is 2.23. The second kappa shape index (κ2) is 8.03. The summed E-state index contributed by atoms with van der Waals surface area (Å²) in [6.45, 7) is 5.37. The van der Waals surface area contributed by atoms with E-state index < -0.39 is 23.5 Å². The third-order valence-corrected chi connectivity index (χ3v) is 4.67. The Morgan fingerprint density at radius 3 is 2.62 bits per heavy atom. The van der Waals surface area contributed by atoms with Crippen LogP contribution in [0.15, 0.2) is 27.4 Å². The third-order valence-electron chi connectivity index (χ3n) is 4.67. The van der Waals surface area contributed by atoms with Gasteiger partial charge in [0.15, 0.2) is 0 Å². The van der Waals surface area contributed by atoms with Gasteiger partial charge in [-0.25, -0.2) is 9.59 Å². The maximum atomic E-state index is 12.2. The van der Waals surface area contributed by atoms with Gasteiger partial charge in [0, 0.05) is 23.4 Å². The molecule has 7 nitrogen and oxygen atoms in total. The van der Waals surface area contributed by atoms with Gasteiger partial charge in [0.05, 0.1) is 0 Å². The molecule has 0 bridgehead atoms. The molecule has 0 radical (unpaired) electrons. The molecule has 0 saturated heterocycles. The monoisotopic (exact) mass is 361 g/mol. The van der Waals surface area contributed by atoms with E-state index in [1.807, 2.05) is 6.92 Å². The molecule has 0 saturated carbocycles. The first-order chi connectivity index (χ1) is 12.2. The maximum Gasteiger partial charge on any atom is 0.339 e. The van der Waals surface area contributed by atoms with Crippen LogP contribution in [-0.2, 0) is 16.0 Å². The van der Waals surface area contributed by atoms with Crippen LogP contribution in [0.2, 0.25) is 0 Å². The number of benzene rings is 1. The Bertz CT molecular complexity index is 885. The van der Waals surface area contributed by atoms with Crippen LogP contribution in [0.1, 0.15) is 37.8 Å². The molecule has 2 unspecified atom stereocenters. The van der Waals surface area contributed by atoms with Crippen molar-refractivity contribution in [3.63, 3.8) is 0 Å². The summed E-state index contributed by atoms with van der Waals surface area (Å²) < 4.78 is 5.22. The number of phenolic OH excluding ortho intramolecular Hbond substituents is 1. The topological polar surface area (TPSA) is 117 Å². The molecule has 2 aromatic rings. The van der Waals surface area contributed by atoms with Crippen LogP contribution in [0.25, 0.3) is 11.0 Å². The summed E-state index contributed by atoms with van der Waals surface area (Å²) in [6, 6.07) is 3.55. The number of carboxylic acids is 1. The minimum absolute atomic E-state index is 0.00284. The number of hydrogen-bond acceptors (Lipinski definition) is 5. The van der Waals surface area contributed by atoms with E-state index in [1.54, 1.807) is 19.9 Å². The summed E-state index contributed by atoms with van der Waals surface area (Å²) in [4.78, 5) is 35.6. The van der Waals surface area contributed by atoms with Crippen molar-refractivity contribution < 1.29 is 24.2 Å². The van der Waals surface area contributed by atoms with Gasteiger partial charge in [-0.2, -0.15) is 0 Å². The molecule has 140 valence electrons. The van der Waals surface area contributed by atoms with Crippen molar-refractivity contribution in [2.45, 2.75) is 46.1 Å². The zero-order valence-electron chi connectivity index (χ0n) is 15.0. The van der Waals surface area contributed by atoms with Gasteiger partial charge in [-0.05, 0) is 37.0 Å². The van der Waals surface area contributed by atoms with Gasteiger partial charge in [0.2, 0.25) is 5.91 Å². The molecule has 1 amide bonds. The fraction of sp³-hybridized carbons (Fsp3) is 0.421. The summed E-state index contributed by atoms with van der Waals surface area (Å²) >= 11 is 0. The van der Waals surface area contributed by atoms with E-state index in [9.17, 15) is 24.6 Å². The number of carboxylic acid groups (broad SMARTS) is 1. The zero-order valence-corrected chi connectivity index (χ0v) is 15.0. The van der Waals surface area contributed by atoms with Crippen molar-refractivity contribution in [3.8, 4) is 5.75 Å².